The quantitative estimate of drug-likeness (QED) is 0.565. The lowest BCUT2D eigenvalue weighted by Crippen LogP contribution is -2.70. The minimum Gasteiger partial charge on any atom is -0.446 e. The molecule has 3 aliphatic rings. The second kappa shape index (κ2) is 6.58. The first-order chi connectivity index (χ1) is 14.9. The first-order valence-electron chi connectivity index (χ1n) is 10.2. The molecule has 154 valence electrons. The largest absolute Gasteiger partial charge is 0.446 e. The molecule has 1 aromatic carbocycles. The molecular weight excluding hydrogens is 390 g/mol. The van der Waals surface area contributed by atoms with E-state index in [0.717, 1.165) is 52.7 Å². The number of hydrogen-bond donors (Lipinski definition) is 1. The monoisotopic (exact) mass is 411 g/mol. The predicted octanol–water partition coefficient (Wildman–Crippen LogP) is 5.34. The number of anilines is 1. The highest BCUT2D eigenvalue weighted by atomic mass is 16.5. The zero-order chi connectivity index (χ0) is 21.8. The average molecular weight is 411 g/mol. The fourth-order valence-electron chi connectivity index (χ4n) is 4.92. The second-order valence-electron chi connectivity index (χ2n) is 8.83. The Kier molecular flexibility index (Phi) is 4.06. The highest BCUT2D eigenvalue weighted by Gasteiger charge is 2.69. The van der Waals surface area contributed by atoms with Gasteiger partial charge in [-0.2, -0.15) is 20.5 Å². The third-order valence-corrected chi connectivity index (χ3v) is 6.26. The van der Waals surface area contributed by atoms with E-state index in [1.807, 2.05) is 39.0 Å². The number of hydrogen-bond acceptors (Lipinski definition) is 7. The Morgan fingerprint density at radius 3 is 2.45 bits per heavy atom. The zero-order valence-corrected chi connectivity index (χ0v) is 17.6. The molecule has 6 rings (SSSR count). The lowest BCUT2D eigenvalue weighted by molar-refractivity contribution is -0.0665. The maximum Gasteiger partial charge on any atom is 0.235 e. The van der Waals surface area contributed by atoms with Gasteiger partial charge >= 0.3 is 0 Å². The van der Waals surface area contributed by atoms with Gasteiger partial charge in [-0.15, -0.1) is 0 Å². The summed E-state index contributed by atoms with van der Waals surface area (Å²) in [6, 6.07) is 8.37. The number of aromatic nitrogens is 2. The Morgan fingerprint density at radius 1 is 1.10 bits per heavy atom. The minimum atomic E-state index is -0.159. The number of fused-ring (bicyclic) bond motifs is 1. The van der Waals surface area contributed by atoms with E-state index in [4.69, 9.17) is 14.4 Å². The molecule has 0 saturated heterocycles. The molecule has 31 heavy (non-hydrogen) atoms. The molecule has 0 radical (unpaired) electrons. The summed E-state index contributed by atoms with van der Waals surface area (Å²) < 4.78 is 12.0. The van der Waals surface area contributed by atoms with Crippen molar-refractivity contribution in [2.75, 3.05) is 5.32 Å². The number of furan rings is 1. The van der Waals surface area contributed by atoms with Gasteiger partial charge in [-0.05, 0) is 74.9 Å². The number of aryl methyl sites for hydroxylation is 3. The second-order valence-corrected chi connectivity index (χ2v) is 8.83. The van der Waals surface area contributed by atoms with Crippen molar-refractivity contribution in [3.63, 3.8) is 0 Å². The van der Waals surface area contributed by atoms with Crippen LogP contribution in [0.3, 0.4) is 0 Å². The van der Waals surface area contributed by atoms with Crippen molar-refractivity contribution in [1.29, 1.82) is 10.5 Å². The summed E-state index contributed by atoms with van der Waals surface area (Å²) in [6.45, 7) is 5.87. The molecular formula is C24H21N5O2. The third kappa shape index (κ3) is 3.02. The highest BCUT2D eigenvalue weighted by Crippen LogP contribution is 2.67. The number of nitrogens with zero attached hydrogens (tertiary/aromatic N) is 4. The Balaban J connectivity index is 1.50. The van der Waals surface area contributed by atoms with E-state index in [9.17, 15) is 5.26 Å². The first-order valence-corrected chi connectivity index (χ1v) is 10.2. The molecule has 1 N–H and O–H groups in total. The summed E-state index contributed by atoms with van der Waals surface area (Å²) in [4.78, 5) is 9.22. The van der Waals surface area contributed by atoms with Crippen LogP contribution in [0.25, 0.3) is 17.2 Å². The van der Waals surface area contributed by atoms with Crippen LogP contribution in [0.2, 0.25) is 0 Å². The van der Waals surface area contributed by atoms with Crippen molar-refractivity contribution in [2.24, 2.45) is 5.41 Å². The maximum atomic E-state index is 9.27. The lowest BCUT2D eigenvalue weighted by atomic mass is 9.40. The molecule has 3 aromatic rings. The van der Waals surface area contributed by atoms with E-state index >= 15 is 0 Å². The standard InChI is InChI=1S/C24H21N5O2/c1-14-7-17(5-4-6-25)8-15(2)19(14)31-21-18-16(3)9-30-20(18)27-22(28-21)29-24-10-23(11-24,12-24)13-26/h4-5,7-9H,10-12H2,1-3H3,(H,27,28,29)/b5-4+. The number of rotatable bonds is 5. The van der Waals surface area contributed by atoms with Crippen LogP contribution >= 0.6 is 0 Å². The molecule has 0 amide bonds. The van der Waals surface area contributed by atoms with Crippen LogP contribution in [0, 0.1) is 48.8 Å². The van der Waals surface area contributed by atoms with Gasteiger partial charge in [-0.1, -0.05) is 0 Å². The van der Waals surface area contributed by atoms with E-state index in [0.29, 0.717) is 17.5 Å². The maximum absolute atomic E-state index is 9.27. The van der Waals surface area contributed by atoms with Crippen LogP contribution in [0.1, 0.15) is 41.5 Å². The van der Waals surface area contributed by atoms with E-state index in [1.165, 1.54) is 6.08 Å². The lowest BCUT2D eigenvalue weighted by Gasteiger charge is -2.66. The van der Waals surface area contributed by atoms with Crippen molar-refractivity contribution >= 4 is 23.1 Å². The van der Waals surface area contributed by atoms with Crippen molar-refractivity contribution in [3.05, 3.63) is 46.7 Å². The fourth-order valence-corrected chi connectivity index (χ4v) is 4.92. The highest BCUT2D eigenvalue weighted by molar-refractivity contribution is 5.84. The van der Waals surface area contributed by atoms with Gasteiger partial charge in [-0.3, -0.25) is 0 Å². The molecule has 7 nitrogen and oxygen atoms in total. The summed E-state index contributed by atoms with van der Waals surface area (Å²) in [5.74, 6) is 1.61. The molecule has 0 aliphatic heterocycles. The average Bonchev–Trinajstić information content (AvgIpc) is 3.05. The molecule has 0 atom stereocenters. The van der Waals surface area contributed by atoms with E-state index < -0.39 is 0 Å². The van der Waals surface area contributed by atoms with Crippen LogP contribution in [0.4, 0.5) is 5.95 Å². The normalized spacial score (nSPS) is 23.6. The van der Waals surface area contributed by atoms with Gasteiger partial charge in [-0.25, -0.2) is 0 Å². The minimum absolute atomic E-state index is 0.0944. The smallest absolute Gasteiger partial charge is 0.235 e. The van der Waals surface area contributed by atoms with E-state index in [1.54, 1.807) is 12.3 Å². The van der Waals surface area contributed by atoms with E-state index in [2.05, 4.69) is 21.4 Å². The molecule has 0 spiro atoms. The van der Waals surface area contributed by atoms with Gasteiger partial charge in [0.1, 0.15) is 11.1 Å². The zero-order valence-electron chi connectivity index (χ0n) is 17.6. The number of allylic oxidation sites excluding steroid dienone is 1. The van der Waals surface area contributed by atoms with Gasteiger partial charge in [0.2, 0.25) is 17.5 Å². The van der Waals surface area contributed by atoms with E-state index in [-0.39, 0.29) is 11.0 Å². The van der Waals surface area contributed by atoms with Crippen molar-refractivity contribution in [1.82, 2.24) is 9.97 Å². The molecule has 0 unspecified atom stereocenters. The third-order valence-electron chi connectivity index (χ3n) is 6.26. The number of ether oxygens (including phenoxy) is 1. The number of nitrogens with one attached hydrogen (secondary N) is 1. The molecule has 3 saturated carbocycles. The fraction of sp³-hybridized carbons (Fsp3) is 0.333. The Labute approximate surface area is 180 Å². The summed E-state index contributed by atoms with van der Waals surface area (Å²) in [5.41, 5.74) is 3.93. The van der Waals surface area contributed by atoms with Crippen molar-refractivity contribution in [3.8, 4) is 23.8 Å². The van der Waals surface area contributed by atoms with Gasteiger partial charge in [0.25, 0.3) is 0 Å². The number of benzene rings is 1. The van der Waals surface area contributed by atoms with Crippen LogP contribution < -0.4 is 10.1 Å². The van der Waals surface area contributed by atoms with Gasteiger partial charge < -0.3 is 14.5 Å². The summed E-state index contributed by atoms with van der Waals surface area (Å²) in [5, 5.41) is 22.2. The van der Waals surface area contributed by atoms with Crippen LogP contribution in [0.15, 0.2) is 28.9 Å². The Hall–Kier alpha value is -3.84. The topological polar surface area (TPSA) is 108 Å². The van der Waals surface area contributed by atoms with Gasteiger partial charge in [0, 0.05) is 17.2 Å². The molecule has 2 heterocycles. The van der Waals surface area contributed by atoms with Crippen LogP contribution in [-0.4, -0.2) is 15.5 Å². The molecule has 3 fully saturated rings. The van der Waals surface area contributed by atoms with Gasteiger partial charge in [0.15, 0.2) is 0 Å². The molecule has 3 aliphatic carbocycles. The summed E-state index contributed by atoms with van der Waals surface area (Å²) in [6.07, 6.45) is 7.34. The Bertz CT molecular complexity index is 1300. The van der Waals surface area contributed by atoms with Crippen LogP contribution in [-0.2, 0) is 0 Å². The first kappa shape index (κ1) is 19.1. The molecule has 2 aromatic heterocycles. The van der Waals surface area contributed by atoms with Crippen molar-refractivity contribution < 1.29 is 9.15 Å². The van der Waals surface area contributed by atoms with Gasteiger partial charge in [0.05, 0.1) is 23.8 Å². The predicted molar refractivity (Wildman–Crippen MR) is 115 cm³/mol. The van der Waals surface area contributed by atoms with Crippen LogP contribution in [0.5, 0.6) is 11.6 Å². The number of nitriles is 2. The Morgan fingerprint density at radius 2 is 1.81 bits per heavy atom. The van der Waals surface area contributed by atoms with Crippen molar-refractivity contribution in [2.45, 2.75) is 45.6 Å². The molecule has 2 bridgehead atoms. The summed E-state index contributed by atoms with van der Waals surface area (Å²) in [7, 11) is 0. The summed E-state index contributed by atoms with van der Waals surface area (Å²) >= 11 is 0. The molecule has 7 heteroatoms. The SMILES string of the molecule is Cc1cc(/C=C/C#N)cc(C)c1Oc1nc(NC23CC(C#N)(C2)C3)nc2occ(C)c12.